The van der Waals surface area contributed by atoms with Crippen molar-refractivity contribution in [2.75, 3.05) is 43.9 Å². The van der Waals surface area contributed by atoms with Crippen molar-refractivity contribution >= 4 is 17.6 Å². The highest BCUT2D eigenvalue weighted by Gasteiger charge is 2.28. The summed E-state index contributed by atoms with van der Waals surface area (Å²) in [5.41, 5.74) is 1.54. The summed E-state index contributed by atoms with van der Waals surface area (Å²) in [6.07, 6.45) is 1.43. The summed E-state index contributed by atoms with van der Waals surface area (Å²) in [4.78, 5) is 18.3. The normalized spacial score (nSPS) is 18.2. The van der Waals surface area contributed by atoms with Gasteiger partial charge in [0.1, 0.15) is 11.4 Å². The number of hydrogen-bond acceptors (Lipinski definition) is 6. The summed E-state index contributed by atoms with van der Waals surface area (Å²) in [6, 6.07) is 2.03. The number of aryl methyl sites for hydroxylation is 1. The van der Waals surface area contributed by atoms with E-state index in [0.29, 0.717) is 26.2 Å². The average molecular weight is 336 g/mol. The third-order valence-corrected chi connectivity index (χ3v) is 3.58. The second kappa shape index (κ2) is 7.70. The van der Waals surface area contributed by atoms with E-state index in [1.54, 1.807) is 4.90 Å². The standard InChI is InChI=1S/C17H28N4O3/c1-12-8-14(18-5)15(19-9-12)20-10-13-11-21(6-7-23-13)16(22)24-17(2,3)4/h8-9,13,18H,6-7,10-11H2,1-5H3,(H,19,20)/t13-/m0/s1. The van der Waals surface area contributed by atoms with Crippen LogP contribution >= 0.6 is 0 Å². The fourth-order valence-electron chi connectivity index (χ4n) is 2.45. The molecule has 0 saturated carbocycles. The minimum absolute atomic E-state index is 0.0981. The molecular weight excluding hydrogens is 308 g/mol. The Hall–Kier alpha value is -2.02. The van der Waals surface area contributed by atoms with E-state index in [9.17, 15) is 4.79 Å². The largest absolute Gasteiger partial charge is 0.444 e. The van der Waals surface area contributed by atoms with Gasteiger partial charge in [-0.15, -0.1) is 0 Å². The number of anilines is 2. The zero-order chi connectivity index (χ0) is 17.7. The Morgan fingerprint density at radius 1 is 1.50 bits per heavy atom. The molecule has 1 aliphatic rings. The van der Waals surface area contributed by atoms with Gasteiger partial charge >= 0.3 is 6.09 Å². The summed E-state index contributed by atoms with van der Waals surface area (Å²) in [7, 11) is 1.86. The molecule has 24 heavy (non-hydrogen) atoms. The van der Waals surface area contributed by atoms with Crippen molar-refractivity contribution in [2.24, 2.45) is 0 Å². The lowest BCUT2D eigenvalue weighted by molar-refractivity contribution is -0.0371. The molecule has 7 heteroatoms. The number of aromatic nitrogens is 1. The molecule has 0 spiro atoms. The van der Waals surface area contributed by atoms with Crippen LogP contribution in [0.25, 0.3) is 0 Å². The van der Waals surface area contributed by atoms with Gasteiger partial charge in [0.2, 0.25) is 0 Å². The molecule has 1 saturated heterocycles. The van der Waals surface area contributed by atoms with Crippen LogP contribution < -0.4 is 10.6 Å². The maximum Gasteiger partial charge on any atom is 0.410 e. The highest BCUT2D eigenvalue weighted by atomic mass is 16.6. The number of morpholine rings is 1. The molecular formula is C17H28N4O3. The third-order valence-electron chi connectivity index (χ3n) is 3.58. The van der Waals surface area contributed by atoms with E-state index < -0.39 is 5.60 Å². The number of amides is 1. The molecule has 0 aliphatic carbocycles. The second-order valence-corrected chi connectivity index (χ2v) is 6.96. The van der Waals surface area contributed by atoms with Crippen LogP contribution in [-0.2, 0) is 9.47 Å². The fraction of sp³-hybridized carbons (Fsp3) is 0.647. The van der Waals surface area contributed by atoms with Crippen molar-refractivity contribution in [1.29, 1.82) is 0 Å². The molecule has 2 N–H and O–H groups in total. The SMILES string of the molecule is CNc1cc(C)cnc1NC[C@H]1CN(C(=O)OC(C)(C)C)CCO1. The first-order chi connectivity index (χ1) is 11.3. The van der Waals surface area contributed by atoms with Crippen molar-refractivity contribution in [2.45, 2.75) is 39.4 Å². The Morgan fingerprint density at radius 2 is 2.25 bits per heavy atom. The molecule has 0 unspecified atom stereocenters. The van der Waals surface area contributed by atoms with E-state index in [1.807, 2.05) is 47.0 Å². The maximum atomic E-state index is 12.2. The van der Waals surface area contributed by atoms with Crippen LogP contribution in [0, 0.1) is 6.92 Å². The second-order valence-electron chi connectivity index (χ2n) is 6.96. The van der Waals surface area contributed by atoms with E-state index in [0.717, 1.165) is 17.1 Å². The van der Waals surface area contributed by atoms with Gasteiger partial charge < -0.3 is 25.0 Å². The molecule has 1 aliphatic heterocycles. The van der Waals surface area contributed by atoms with Crippen LogP contribution in [0.1, 0.15) is 26.3 Å². The predicted molar refractivity (Wildman–Crippen MR) is 94.6 cm³/mol. The number of rotatable bonds is 4. The van der Waals surface area contributed by atoms with E-state index in [4.69, 9.17) is 9.47 Å². The third kappa shape index (κ3) is 5.26. The minimum Gasteiger partial charge on any atom is -0.444 e. The zero-order valence-electron chi connectivity index (χ0n) is 15.2. The first kappa shape index (κ1) is 18.3. The first-order valence-electron chi connectivity index (χ1n) is 8.26. The monoisotopic (exact) mass is 336 g/mol. The van der Waals surface area contributed by atoms with Gasteiger partial charge in [-0.1, -0.05) is 0 Å². The van der Waals surface area contributed by atoms with Gasteiger partial charge in [-0.3, -0.25) is 0 Å². The molecule has 7 nitrogen and oxygen atoms in total. The molecule has 1 atom stereocenters. The highest BCUT2D eigenvalue weighted by Crippen LogP contribution is 2.20. The number of ether oxygens (including phenoxy) is 2. The van der Waals surface area contributed by atoms with E-state index >= 15 is 0 Å². The summed E-state index contributed by atoms with van der Waals surface area (Å²) in [5.74, 6) is 0.779. The predicted octanol–water partition coefficient (Wildman–Crippen LogP) is 2.48. The lowest BCUT2D eigenvalue weighted by Crippen LogP contribution is -2.49. The molecule has 2 heterocycles. The fourth-order valence-corrected chi connectivity index (χ4v) is 2.45. The van der Waals surface area contributed by atoms with Gasteiger partial charge in [0, 0.05) is 26.3 Å². The molecule has 1 fully saturated rings. The molecule has 0 bridgehead atoms. The van der Waals surface area contributed by atoms with Crippen molar-refractivity contribution in [3.63, 3.8) is 0 Å². The number of hydrogen-bond donors (Lipinski definition) is 2. The maximum absolute atomic E-state index is 12.2. The average Bonchev–Trinajstić information content (AvgIpc) is 2.52. The van der Waals surface area contributed by atoms with Gasteiger partial charge in [-0.25, -0.2) is 9.78 Å². The van der Waals surface area contributed by atoms with E-state index in [-0.39, 0.29) is 12.2 Å². The van der Waals surface area contributed by atoms with Crippen LogP contribution in [0.15, 0.2) is 12.3 Å². The Bertz CT molecular complexity index is 571. The summed E-state index contributed by atoms with van der Waals surface area (Å²) < 4.78 is 11.2. The van der Waals surface area contributed by atoms with Gasteiger partial charge in [-0.2, -0.15) is 0 Å². The molecule has 0 radical (unpaired) electrons. The van der Waals surface area contributed by atoms with Crippen LogP contribution in [0.5, 0.6) is 0 Å². The minimum atomic E-state index is -0.489. The molecule has 1 aromatic heterocycles. The lowest BCUT2D eigenvalue weighted by Gasteiger charge is -2.34. The number of nitrogens with one attached hydrogen (secondary N) is 2. The zero-order valence-corrected chi connectivity index (χ0v) is 15.2. The topological polar surface area (TPSA) is 75.7 Å². The molecule has 1 amide bonds. The van der Waals surface area contributed by atoms with Crippen LogP contribution in [-0.4, -0.2) is 61.0 Å². The summed E-state index contributed by atoms with van der Waals surface area (Å²) in [6.45, 7) is 9.74. The number of carbonyl (C=O) groups is 1. The van der Waals surface area contributed by atoms with Gasteiger partial charge in [-0.05, 0) is 39.3 Å². The van der Waals surface area contributed by atoms with Crippen molar-refractivity contribution in [1.82, 2.24) is 9.88 Å². The summed E-state index contributed by atoms with van der Waals surface area (Å²) >= 11 is 0. The smallest absolute Gasteiger partial charge is 0.410 e. The number of carbonyl (C=O) groups excluding carboxylic acids is 1. The molecule has 1 aromatic rings. The van der Waals surface area contributed by atoms with Crippen LogP contribution in [0.3, 0.4) is 0 Å². The Morgan fingerprint density at radius 3 is 2.92 bits per heavy atom. The summed E-state index contributed by atoms with van der Waals surface area (Å²) in [5, 5.41) is 6.42. The molecule has 2 rings (SSSR count). The number of nitrogens with zero attached hydrogens (tertiary/aromatic N) is 2. The highest BCUT2D eigenvalue weighted by molar-refractivity contribution is 5.68. The molecule has 0 aromatic carbocycles. The first-order valence-corrected chi connectivity index (χ1v) is 8.26. The van der Waals surface area contributed by atoms with E-state index in [1.165, 1.54) is 0 Å². The Labute approximate surface area is 143 Å². The van der Waals surface area contributed by atoms with Gasteiger partial charge in [0.25, 0.3) is 0 Å². The van der Waals surface area contributed by atoms with E-state index in [2.05, 4.69) is 15.6 Å². The van der Waals surface area contributed by atoms with Crippen molar-refractivity contribution in [3.05, 3.63) is 17.8 Å². The van der Waals surface area contributed by atoms with Crippen LogP contribution in [0.4, 0.5) is 16.3 Å². The molecule has 134 valence electrons. The van der Waals surface area contributed by atoms with Gasteiger partial charge in [0.15, 0.2) is 0 Å². The van der Waals surface area contributed by atoms with Crippen molar-refractivity contribution in [3.8, 4) is 0 Å². The quantitative estimate of drug-likeness (QED) is 0.880. The van der Waals surface area contributed by atoms with Crippen LogP contribution in [0.2, 0.25) is 0 Å². The number of pyridine rings is 1. The Kier molecular flexibility index (Phi) is 5.88. The van der Waals surface area contributed by atoms with Gasteiger partial charge in [0.05, 0.1) is 24.9 Å². The Balaban J connectivity index is 1.90. The van der Waals surface area contributed by atoms with Crippen molar-refractivity contribution < 1.29 is 14.3 Å². The lowest BCUT2D eigenvalue weighted by atomic mass is 10.2.